The van der Waals surface area contributed by atoms with E-state index in [1.165, 1.54) is 12.8 Å². The van der Waals surface area contributed by atoms with E-state index in [-0.39, 0.29) is 5.91 Å². The Hall–Kier alpha value is -4.55. The number of benzene rings is 2. The summed E-state index contributed by atoms with van der Waals surface area (Å²) in [4.78, 5) is 32.8. The van der Waals surface area contributed by atoms with Crippen molar-refractivity contribution in [2.45, 2.75) is 38.1 Å². The van der Waals surface area contributed by atoms with Crippen LogP contribution in [0.15, 0.2) is 54.9 Å². The first kappa shape index (κ1) is 26.1. The molecular weight excluding hydrogens is 490 g/mol. The SMILES string of the molecule is N#Cc1cc(CNCCC(=O)NCCCNc2nc3cc(C(N)=O)ccc3c3cnccc23)ccc1C1CC1. The minimum Gasteiger partial charge on any atom is -0.369 e. The van der Waals surface area contributed by atoms with Crippen molar-refractivity contribution in [2.75, 3.05) is 25.0 Å². The van der Waals surface area contributed by atoms with Crippen LogP contribution in [0.3, 0.4) is 0 Å². The maximum atomic E-state index is 12.3. The van der Waals surface area contributed by atoms with Crippen LogP contribution in [0.1, 0.15) is 58.6 Å². The number of hydrogen-bond donors (Lipinski definition) is 4. The molecule has 2 aromatic heterocycles. The minimum absolute atomic E-state index is 0.0105. The molecule has 2 heterocycles. The lowest BCUT2D eigenvalue weighted by atomic mass is 10.0. The van der Waals surface area contributed by atoms with Gasteiger partial charge < -0.3 is 21.7 Å². The molecule has 198 valence electrons. The van der Waals surface area contributed by atoms with Gasteiger partial charge >= 0.3 is 0 Å². The van der Waals surface area contributed by atoms with Gasteiger partial charge in [-0.25, -0.2) is 4.98 Å². The van der Waals surface area contributed by atoms with E-state index in [1.807, 2.05) is 18.2 Å². The Balaban J connectivity index is 1.06. The van der Waals surface area contributed by atoms with E-state index in [9.17, 15) is 14.9 Å². The molecule has 1 aliphatic carbocycles. The van der Waals surface area contributed by atoms with E-state index in [0.29, 0.717) is 55.4 Å². The number of pyridine rings is 2. The van der Waals surface area contributed by atoms with Crippen LogP contribution < -0.4 is 21.7 Å². The molecular formula is C30H31N7O2. The number of anilines is 1. The number of hydrogen-bond acceptors (Lipinski definition) is 7. The molecule has 5 rings (SSSR count). The average Bonchev–Trinajstić information content (AvgIpc) is 3.80. The second kappa shape index (κ2) is 11.9. The zero-order chi connectivity index (χ0) is 27.2. The standard InChI is InChI=1S/C30H31N7O2/c31-16-22-14-19(2-6-23(22)20-3-4-20)17-33-13-9-28(38)35-10-1-11-36-30-25-8-12-34-18-26(25)24-7-5-21(29(32)39)15-27(24)37-30/h2,5-8,12,14-15,18,20,33H,1,3-4,9-11,13,17H2,(H2,32,39)(H,35,38)(H,36,37). The number of nitrogens with one attached hydrogen (secondary N) is 3. The van der Waals surface area contributed by atoms with E-state index < -0.39 is 5.91 Å². The van der Waals surface area contributed by atoms with Gasteiger partial charge in [0.2, 0.25) is 11.8 Å². The van der Waals surface area contributed by atoms with E-state index in [4.69, 9.17) is 10.7 Å². The number of rotatable bonds is 12. The van der Waals surface area contributed by atoms with Gasteiger partial charge in [0.25, 0.3) is 0 Å². The molecule has 2 aromatic carbocycles. The monoisotopic (exact) mass is 521 g/mol. The fourth-order valence-corrected chi connectivity index (χ4v) is 4.74. The maximum Gasteiger partial charge on any atom is 0.248 e. The molecule has 0 unspecified atom stereocenters. The van der Waals surface area contributed by atoms with E-state index >= 15 is 0 Å². The van der Waals surface area contributed by atoms with Crippen LogP contribution in [-0.4, -0.2) is 41.4 Å². The highest BCUT2D eigenvalue weighted by Gasteiger charge is 2.26. The normalized spacial score (nSPS) is 12.8. The summed E-state index contributed by atoms with van der Waals surface area (Å²) in [5.74, 6) is 0.740. The quantitative estimate of drug-likeness (QED) is 0.164. The van der Waals surface area contributed by atoms with Crippen LogP contribution in [0.2, 0.25) is 0 Å². The molecule has 0 spiro atoms. The van der Waals surface area contributed by atoms with E-state index in [0.717, 1.165) is 39.3 Å². The smallest absolute Gasteiger partial charge is 0.248 e. The average molecular weight is 522 g/mol. The summed E-state index contributed by atoms with van der Waals surface area (Å²) in [6.45, 7) is 2.34. The molecule has 9 nitrogen and oxygen atoms in total. The fourth-order valence-electron chi connectivity index (χ4n) is 4.74. The Kier molecular flexibility index (Phi) is 7.94. The Morgan fingerprint density at radius 1 is 1.03 bits per heavy atom. The Labute approximate surface area is 226 Å². The van der Waals surface area contributed by atoms with Gasteiger partial charge in [0.1, 0.15) is 5.82 Å². The number of carbonyl (C=O) groups excluding carboxylic acids is 2. The van der Waals surface area contributed by atoms with Crippen LogP contribution in [-0.2, 0) is 11.3 Å². The molecule has 39 heavy (non-hydrogen) atoms. The number of aromatic nitrogens is 2. The number of nitriles is 1. The van der Waals surface area contributed by atoms with Crippen LogP contribution in [0.4, 0.5) is 5.82 Å². The first-order chi connectivity index (χ1) is 19.0. The molecule has 4 aromatic rings. The number of fused-ring (bicyclic) bond motifs is 3. The molecule has 2 amide bonds. The predicted octanol–water partition coefficient (Wildman–Crippen LogP) is 3.73. The highest BCUT2D eigenvalue weighted by Crippen LogP contribution is 2.41. The van der Waals surface area contributed by atoms with E-state index in [1.54, 1.807) is 24.5 Å². The van der Waals surface area contributed by atoms with Crippen molar-refractivity contribution in [1.29, 1.82) is 5.26 Å². The Morgan fingerprint density at radius 2 is 1.90 bits per heavy atom. The third-order valence-electron chi connectivity index (χ3n) is 6.96. The molecule has 0 bridgehead atoms. The maximum absolute atomic E-state index is 12.3. The van der Waals surface area contributed by atoms with Crippen molar-refractivity contribution < 1.29 is 9.59 Å². The van der Waals surface area contributed by atoms with Crippen LogP contribution in [0, 0.1) is 11.3 Å². The number of nitrogens with two attached hydrogens (primary N) is 1. The Morgan fingerprint density at radius 3 is 2.69 bits per heavy atom. The first-order valence-electron chi connectivity index (χ1n) is 13.2. The molecule has 0 aliphatic heterocycles. The van der Waals surface area contributed by atoms with Gasteiger partial charge in [-0.15, -0.1) is 0 Å². The summed E-state index contributed by atoms with van der Waals surface area (Å²) >= 11 is 0. The third kappa shape index (κ3) is 6.30. The van der Waals surface area contributed by atoms with Crippen LogP contribution >= 0.6 is 0 Å². The van der Waals surface area contributed by atoms with Gasteiger partial charge in [-0.2, -0.15) is 5.26 Å². The van der Waals surface area contributed by atoms with Gasteiger partial charge in [0.15, 0.2) is 0 Å². The Bertz CT molecular complexity index is 1570. The first-order valence-corrected chi connectivity index (χ1v) is 13.2. The number of amides is 2. The largest absolute Gasteiger partial charge is 0.369 e. The lowest BCUT2D eigenvalue weighted by Crippen LogP contribution is -2.29. The number of nitrogens with zero attached hydrogens (tertiary/aromatic N) is 3. The summed E-state index contributed by atoms with van der Waals surface area (Å²) in [5, 5.41) is 21.8. The van der Waals surface area contributed by atoms with Crippen molar-refractivity contribution in [1.82, 2.24) is 20.6 Å². The van der Waals surface area contributed by atoms with Crippen molar-refractivity contribution in [2.24, 2.45) is 5.73 Å². The fraction of sp³-hybridized carbons (Fsp3) is 0.300. The number of carbonyl (C=O) groups is 2. The zero-order valence-electron chi connectivity index (χ0n) is 21.7. The highest BCUT2D eigenvalue weighted by molar-refractivity contribution is 6.11. The number of primary amides is 1. The van der Waals surface area contributed by atoms with E-state index in [2.05, 4.69) is 39.1 Å². The molecule has 1 saturated carbocycles. The molecule has 9 heteroatoms. The van der Waals surface area contributed by atoms with Gasteiger partial charge in [0, 0.05) is 66.7 Å². The van der Waals surface area contributed by atoms with Crippen molar-refractivity contribution >= 4 is 39.3 Å². The van der Waals surface area contributed by atoms with Crippen LogP contribution in [0.5, 0.6) is 0 Å². The van der Waals surface area contributed by atoms with Gasteiger partial charge in [0.05, 0.1) is 17.1 Å². The predicted molar refractivity (Wildman–Crippen MR) is 151 cm³/mol. The zero-order valence-corrected chi connectivity index (χ0v) is 21.7. The van der Waals surface area contributed by atoms with Crippen molar-refractivity contribution in [3.05, 3.63) is 77.1 Å². The highest BCUT2D eigenvalue weighted by atomic mass is 16.1. The van der Waals surface area contributed by atoms with Gasteiger partial charge in [-0.3, -0.25) is 14.6 Å². The summed E-state index contributed by atoms with van der Waals surface area (Å²) in [7, 11) is 0. The molecule has 5 N–H and O–H groups in total. The summed E-state index contributed by atoms with van der Waals surface area (Å²) in [5.41, 5.74) is 9.49. The van der Waals surface area contributed by atoms with Crippen molar-refractivity contribution in [3.63, 3.8) is 0 Å². The molecule has 0 atom stereocenters. The van der Waals surface area contributed by atoms with Gasteiger partial charge in [-0.1, -0.05) is 18.2 Å². The summed E-state index contributed by atoms with van der Waals surface area (Å²) in [6, 6.07) is 15.5. The summed E-state index contributed by atoms with van der Waals surface area (Å²) in [6.07, 6.45) is 6.95. The molecule has 1 aliphatic rings. The van der Waals surface area contributed by atoms with Crippen molar-refractivity contribution in [3.8, 4) is 6.07 Å². The van der Waals surface area contributed by atoms with Crippen LogP contribution in [0.25, 0.3) is 21.7 Å². The van der Waals surface area contributed by atoms with Gasteiger partial charge in [-0.05, 0) is 60.6 Å². The summed E-state index contributed by atoms with van der Waals surface area (Å²) < 4.78 is 0. The molecule has 0 radical (unpaired) electrons. The third-order valence-corrected chi connectivity index (χ3v) is 6.96. The lowest BCUT2D eigenvalue weighted by molar-refractivity contribution is -0.121. The molecule has 1 fully saturated rings. The topological polar surface area (TPSA) is 146 Å². The second-order valence-corrected chi connectivity index (χ2v) is 9.84. The lowest BCUT2D eigenvalue weighted by Gasteiger charge is -2.12. The molecule has 0 saturated heterocycles. The minimum atomic E-state index is -0.499. The second-order valence-electron chi connectivity index (χ2n) is 9.84.